The van der Waals surface area contributed by atoms with Gasteiger partial charge in [0.25, 0.3) is 5.69 Å². The first-order valence-corrected chi connectivity index (χ1v) is 5.79. The first-order valence-electron chi connectivity index (χ1n) is 5.42. The second kappa shape index (κ2) is 6.24. The molecule has 0 bridgehead atoms. The predicted molar refractivity (Wildman–Crippen MR) is 69.6 cm³/mol. The fraction of sp³-hybridized carbons (Fsp3) is 0.364. The summed E-state index contributed by atoms with van der Waals surface area (Å²) in [5, 5.41) is 22.2. The van der Waals surface area contributed by atoms with E-state index >= 15 is 0 Å². The molecule has 7 nitrogen and oxygen atoms in total. The highest BCUT2D eigenvalue weighted by molar-refractivity contribution is 6.32. The number of ether oxygens (including phenoxy) is 1. The highest BCUT2D eigenvalue weighted by Crippen LogP contribution is 2.36. The number of aromatic hydroxyl groups is 1. The van der Waals surface area contributed by atoms with Gasteiger partial charge in [-0.05, 0) is 5.92 Å². The molecule has 0 saturated heterocycles. The molecule has 0 aromatic heterocycles. The molecule has 0 aliphatic heterocycles. The first kappa shape index (κ1) is 15.0. The van der Waals surface area contributed by atoms with Crippen molar-refractivity contribution in [3.05, 3.63) is 27.3 Å². The summed E-state index contributed by atoms with van der Waals surface area (Å²) in [6, 6.07) is 1.99. The molecule has 2 N–H and O–H groups in total. The van der Waals surface area contributed by atoms with E-state index in [9.17, 15) is 20.0 Å². The number of nitro groups is 1. The highest BCUT2D eigenvalue weighted by atomic mass is 35.5. The van der Waals surface area contributed by atoms with E-state index in [1.165, 1.54) is 0 Å². The second-order valence-corrected chi connectivity index (χ2v) is 4.61. The summed E-state index contributed by atoms with van der Waals surface area (Å²) in [7, 11) is 0. The van der Waals surface area contributed by atoms with Gasteiger partial charge in [0.1, 0.15) is 0 Å². The Bertz CT molecular complexity index is 504. The number of hydrogen-bond donors (Lipinski definition) is 2. The van der Waals surface area contributed by atoms with Gasteiger partial charge in [-0.2, -0.15) is 0 Å². The maximum absolute atomic E-state index is 11.4. The number of carbonyl (C=O) groups is 1. The summed E-state index contributed by atoms with van der Waals surface area (Å²) in [5.41, 5.74) is -0.519. The van der Waals surface area contributed by atoms with Crippen LogP contribution >= 0.6 is 11.6 Å². The van der Waals surface area contributed by atoms with Crippen LogP contribution in [-0.2, 0) is 4.74 Å². The normalized spacial score (nSPS) is 10.3. The van der Waals surface area contributed by atoms with Gasteiger partial charge >= 0.3 is 6.09 Å². The number of phenolic OH excluding ortho intramolecular Hbond substituents is 1. The quantitative estimate of drug-likeness (QED) is 0.503. The number of non-ortho nitro benzene ring substituents is 1. The first-order chi connectivity index (χ1) is 8.81. The van der Waals surface area contributed by atoms with Crippen molar-refractivity contribution in [2.24, 2.45) is 5.92 Å². The third-order valence-corrected chi connectivity index (χ3v) is 2.33. The van der Waals surface area contributed by atoms with Gasteiger partial charge in [0.2, 0.25) is 0 Å². The molecule has 8 heteroatoms. The monoisotopic (exact) mass is 288 g/mol. The van der Waals surface area contributed by atoms with Gasteiger partial charge in [-0.25, -0.2) is 4.79 Å². The SMILES string of the molecule is CC(C)COC(=O)Nc1cc([N+](=O)[O-])cc(Cl)c1O. The lowest BCUT2D eigenvalue weighted by Crippen LogP contribution is -2.16. The molecule has 0 aliphatic rings. The maximum atomic E-state index is 11.4. The molecule has 0 spiro atoms. The average Bonchev–Trinajstić information content (AvgIpc) is 2.31. The Morgan fingerprint density at radius 2 is 2.21 bits per heavy atom. The van der Waals surface area contributed by atoms with Gasteiger partial charge in [0.15, 0.2) is 5.75 Å². The Morgan fingerprint density at radius 1 is 1.58 bits per heavy atom. The molecule has 19 heavy (non-hydrogen) atoms. The van der Waals surface area contributed by atoms with Gasteiger partial charge in [-0.3, -0.25) is 15.4 Å². The standard InChI is InChI=1S/C11H13ClN2O5/c1-6(2)5-19-11(16)13-9-4-7(14(17)18)3-8(12)10(9)15/h3-4,6,15H,5H2,1-2H3,(H,13,16). The van der Waals surface area contributed by atoms with E-state index in [2.05, 4.69) is 5.32 Å². The third-order valence-electron chi connectivity index (χ3n) is 2.04. The van der Waals surface area contributed by atoms with Crippen LogP contribution < -0.4 is 5.32 Å². The number of nitrogens with one attached hydrogen (secondary N) is 1. The lowest BCUT2D eigenvalue weighted by Gasteiger charge is -2.10. The number of nitrogens with zero attached hydrogens (tertiary/aromatic N) is 1. The topological polar surface area (TPSA) is 102 Å². The van der Waals surface area contributed by atoms with Crippen LogP contribution in [0.4, 0.5) is 16.2 Å². The lowest BCUT2D eigenvalue weighted by atomic mass is 10.2. The fourth-order valence-electron chi connectivity index (χ4n) is 1.17. The fourth-order valence-corrected chi connectivity index (χ4v) is 1.39. The zero-order chi connectivity index (χ0) is 14.6. The Balaban J connectivity index is 2.88. The number of nitro benzene ring substituents is 1. The van der Waals surface area contributed by atoms with E-state index in [-0.39, 0.29) is 28.9 Å². The van der Waals surface area contributed by atoms with E-state index in [1.54, 1.807) is 0 Å². The van der Waals surface area contributed by atoms with Gasteiger partial charge < -0.3 is 9.84 Å². The summed E-state index contributed by atoms with van der Waals surface area (Å²) in [4.78, 5) is 21.4. The van der Waals surface area contributed by atoms with Crippen molar-refractivity contribution in [2.45, 2.75) is 13.8 Å². The summed E-state index contributed by atoms with van der Waals surface area (Å²) in [6.07, 6.45) is -0.819. The van der Waals surface area contributed by atoms with Crippen LogP contribution in [0, 0.1) is 16.0 Å². The predicted octanol–water partition coefficient (Wildman–Crippen LogP) is 3.16. The molecule has 0 unspecified atom stereocenters. The van der Waals surface area contributed by atoms with E-state index < -0.39 is 16.8 Å². The Morgan fingerprint density at radius 3 is 2.74 bits per heavy atom. The minimum Gasteiger partial charge on any atom is -0.504 e. The largest absolute Gasteiger partial charge is 0.504 e. The van der Waals surface area contributed by atoms with Crippen molar-refractivity contribution in [1.29, 1.82) is 0 Å². The average molecular weight is 289 g/mol. The van der Waals surface area contributed by atoms with E-state index in [0.717, 1.165) is 12.1 Å². The number of benzene rings is 1. The zero-order valence-electron chi connectivity index (χ0n) is 10.3. The zero-order valence-corrected chi connectivity index (χ0v) is 11.1. The summed E-state index contributed by atoms with van der Waals surface area (Å²) < 4.78 is 4.83. The summed E-state index contributed by atoms with van der Waals surface area (Å²) in [5.74, 6) is -0.304. The van der Waals surface area contributed by atoms with E-state index in [0.29, 0.717) is 0 Å². The number of halogens is 1. The second-order valence-electron chi connectivity index (χ2n) is 4.20. The van der Waals surface area contributed by atoms with Gasteiger partial charge in [-0.15, -0.1) is 0 Å². The molecule has 1 amide bonds. The molecule has 0 heterocycles. The summed E-state index contributed by atoms with van der Waals surface area (Å²) >= 11 is 5.63. The number of rotatable bonds is 4. The number of phenols is 1. The maximum Gasteiger partial charge on any atom is 0.411 e. The van der Waals surface area contributed by atoms with Crippen LogP contribution in [0.2, 0.25) is 5.02 Å². The third kappa shape index (κ3) is 4.29. The van der Waals surface area contributed by atoms with Crippen LogP contribution in [0.25, 0.3) is 0 Å². The Hall–Kier alpha value is -2.02. The van der Waals surface area contributed by atoms with Crippen LogP contribution in [0.1, 0.15) is 13.8 Å². The van der Waals surface area contributed by atoms with Crippen LogP contribution in [0.3, 0.4) is 0 Å². The molecule has 0 radical (unpaired) electrons. The van der Waals surface area contributed by atoms with Crippen molar-refractivity contribution >= 4 is 29.1 Å². The molecule has 1 aromatic rings. The number of carbonyl (C=O) groups excluding carboxylic acids is 1. The van der Waals surface area contributed by atoms with Crippen molar-refractivity contribution in [2.75, 3.05) is 11.9 Å². The van der Waals surface area contributed by atoms with Crippen LogP contribution in [0.15, 0.2) is 12.1 Å². The van der Waals surface area contributed by atoms with Crippen molar-refractivity contribution in [1.82, 2.24) is 0 Å². The minimum absolute atomic E-state index is 0.146. The highest BCUT2D eigenvalue weighted by Gasteiger charge is 2.17. The molecule has 0 atom stereocenters. The molecule has 1 aromatic carbocycles. The number of hydrogen-bond acceptors (Lipinski definition) is 5. The molecular weight excluding hydrogens is 276 g/mol. The van der Waals surface area contributed by atoms with Gasteiger partial charge in [-0.1, -0.05) is 25.4 Å². The molecular formula is C11H13ClN2O5. The van der Waals surface area contributed by atoms with Crippen molar-refractivity contribution in [3.63, 3.8) is 0 Å². The van der Waals surface area contributed by atoms with E-state index in [1.807, 2.05) is 13.8 Å². The summed E-state index contributed by atoms with van der Waals surface area (Å²) in [6.45, 7) is 3.90. The lowest BCUT2D eigenvalue weighted by molar-refractivity contribution is -0.384. The number of anilines is 1. The molecule has 0 fully saturated rings. The Labute approximate surface area is 114 Å². The smallest absolute Gasteiger partial charge is 0.411 e. The van der Waals surface area contributed by atoms with Crippen LogP contribution in [-0.4, -0.2) is 22.7 Å². The van der Waals surface area contributed by atoms with Crippen molar-refractivity contribution in [3.8, 4) is 5.75 Å². The van der Waals surface area contributed by atoms with Crippen LogP contribution in [0.5, 0.6) is 5.75 Å². The van der Waals surface area contributed by atoms with Gasteiger partial charge in [0.05, 0.1) is 22.2 Å². The molecule has 0 saturated carbocycles. The number of amides is 1. The van der Waals surface area contributed by atoms with Gasteiger partial charge in [0, 0.05) is 12.1 Å². The van der Waals surface area contributed by atoms with Crippen molar-refractivity contribution < 1.29 is 19.6 Å². The molecule has 104 valence electrons. The molecule has 0 aliphatic carbocycles. The van der Waals surface area contributed by atoms with E-state index in [4.69, 9.17) is 16.3 Å². The minimum atomic E-state index is -0.819. The molecule has 1 rings (SSSR count). The Kier molecular flexibility index (Phi) is 4.94.